The quantitative estimate of drug-likeness (QED) is 0.681. The molecule has 0 fully saturated rings. The van der Waals surface area contributed by atoms with Crippen molar-refractivity contribution in [2.75, 3.05) is 0 Å². The zero-order chi connectivity index (χ0) is 12.2. The summed E-state index contributed by atoms with van der Waals surface area (Å²) in [6.07, 6.45) is 4.44. The minimum absolute atomic E-state index is 0.782. The molecular weight excluding hydrogens is 222 g/mol. The molecule has 3 aromatic rings. The zero-order valence-electron chi connectivity index (χ0n) is 9.62. The maximum absolute atomic E-state index is 4.27. The largest absolute Gasteiger partial charge is 0.255 e. The van der Waals surface area contributed by atoms with E-state index in [1.807, 2.05) is 54.6 Å². The number of nitrogens with zero attached hydrogens (tertiary/aromatic N) is 3. The SMILES string of the molecule is [c]1nc(-c2ccccc2)cc(-c2ccccn2)n1. The molecule has 3 rings (SSSR count). The van der Waals surface area contributed by atoms with Crippen LogP contribution in [0, 0.1) is 6.33 Å². The smallest absolute Gasteiger partial charge is 0.198 e. The highest BCUT2D eigenvalue weighted by atomic mass is 14.9. The molecule has 0 amide bonds. The molecule has 0 spiro atoms. The van der Waals surface area contributed by atoms with E-state index in [2.05, 4.69) is 21.3 Å². The molecule has 0 atom stereocenters. The summed E-state index contributed by atoms with van der Waals surface area (Å²) in [7, 11) is 0. The summed E-state index contributed by atoms with van der Waals surface area (Å²) < 4.78 is 0. The molecule has 0 aliphatic heterocycles. The van der Waals surface area contributed by atoms with E-state index < -0.39 is 0 Å². The Morgan fingerprint density at radius 2 is 1.50 bits per heavy atom. The molecule has 0 aliphatic rings. The van der Waals surface area contributed by atoms with Crippen molar-refractivity contribution in [2.24, 2.45) is 0 Å². The number of hydrogen-bond acceptors (Lipinski definition) is 3. The monoisotopic (exact) mass is 232 g/mol. The van der Waals surface area contributed by atoms with Gasteiger partial charge in [-0.25, -0.2) is 9.97 Å². The lowest BCUT2D eigenvalue weighted by Gasteiger charge is -2.02. The van der Waals surface area contributed by atoms with E-state index in [1.165, 1.54) is 0 Å². The zero-order valence-corrected chi connectivity index (χ0v) is 9.62. The summed E-state index contributed by atoms with van der Waals surface area (Å²) in [5.41, 5.74) is 3.51. The molecule has 0 unspecified atom stereocenters. The van der Waals surface area contributed by atoms with E-state index in [4.69, 9.17) is 0 Å². The van der Waals surface area contributed by atoms with Crippen LogP contribution in [0.15, 0.2) is 60.8 Å². The average molecular weight is 232 g/mol. The molecule has 85 valence electrons. The van der Waals surface area contributed by atoms with E-state index in [0.717, 1.165) is 22.6 Å². The Kier molecular flexibility index (Phi) is 2.80. The average Bonchev–Trinajstić information content (AvgIpc) is 2.49. The Morgan fingerprint density at radius 3 is 2.28 bits per heavy atom. The van der Waals surface area contributed by atoms with Gasteiger partial charge in [0.1, 0.15) is 0 Å². The highest BCUT2D eigenvalue weighted by Gasteiger charge is 2.04. The molecule has 3 heteroatoms. The maximum atomic E-state index is 4.27. The van der Waals surface area contributed by atoms with E-state index in [9.17, 15) is 0 Å². The van der Waals surface area contributed by atoms with Crippen molar-refractivity contribution in [1.82, 2.24) is 15.0 Å². The summed E-state index contributed by atoms with van der Waals surface area (Å²) in [4.78, 5) is 12.6. The fourth-order valence-corrected chi connectivity index (χ4v) is 1.73. The van der Waals surface area contributed by atoms with Crippen molar-refractivity contribution >= 4 is 0 Å². The van der Waals surface area contributed by atoms with Crippen LogP contribution in [-0.4, -0.2) is 15.0 Å². The third kappa shape index (κ3) is 2.11. The van der Waals surface area contributed by atoms with Gasteiger partial charge in [-0.3, -0.25) is 4.98 Å². The van der Waals surface area contributed by atoms with Crippen LogP contribution in [0.25, 0.3) is 22.6 Å². The lowest BCUT2D eigenvalue weighted by molar-refractivity contribution is 1.14. The Morgan fingerprint density at radius 1 is 0.722 bits per heavy atom. The second-order valence-electron chi connectivity index (χ2n) is 3.82. The summed E-state index contributed by atoms with van der Waals surface area (Å²) in [6, 6.07) is 17.6. The lowest BCUT2D eigenvalue weighted by Crippen LogP contribution is -1.91. The maximum Gasteiger partial charge on any atom is 0.198 e. The van der Waals surface area contributed by atoms with Crippen LogP contribution in [0.5, 0.6) is 0 Å². The summed E-state index contributed by atoms with van der Waals surface area (Å²) in [5, 5.41) is 0. The molecule has 2 heterocycles. The van der Waals surface area contributed by atoms with Crippen LogP contribution in [0.4, 0.5) is 0 Å². The lowest BCUT2D eigenvalue weighted by atomic mass is 10.1. The van der Waals surface area contributed by atoms with Gasteiger partial charge in [0.15, 0.2) is 6.33 Å². The van der Waals surface area contributed by atoms with Gasteiger partial charge in [-0.15, -0.1) is 0 Å². The second kappa shape index (κ2) is 4.75. The van der Waals surface area contributed by atoms with Gasteiger partial charge in [0.25, 0.3) is 0 Å². The van der Waals surface area contributed by atoms with E-state index in [0.29, 0.717) is 0 Å². The minimum atomic E-state index is 0.782. The molecule has 2 aromatic heterocycles. The molecule has 0 bridgehead atoms. The number of aromatic nitrogens is 3. The highest BCUT2D eigenvalue weighted by Crippen LogP contribution is 2.20. The first-order chi connectivity index (χ1) is 8.93. The number of hydrogen-bond donors (Lipinski definition) is 0. The first-order valence-electron chi connectivity index (χ1n) is 5.65. The molecule has 0 saturated carbocycles. The van der Waals surface area contributed by atoms with Gasteiger partial charge in [0, 0.05) is 11.8 Å². The Hall–Kier alpha value is -2.55. The first-order valence-corrected chi connectivity index (χ1v) is 5.65. The molecule has 1 radical (unpaired) electrons. The van der Waals surface area contributed by atoms with Crippen molar-refractivity contribution in [3.05, 3.63) is 67.1 Å². The first kappa shape index (κ1) is 10.6. The van der Waals surface area contributed by atoms with Gasteiger partial charge in [-0.2, -0.15) is 0 Å². The van der Waals surface area contributed by atoms with Gasteiger partial charge in [0.2, 0.25) is 0 Å². The molecule has 3 nitrogen and oxygen atoms in total. The molecule has 0 N–H and O–H groups in total. The van der Waals surface area contributed by atoms with Crippen molar-refractivity contribution < 1.29 is 0 Å². The normalized spacial score (nSPS) is 10.2. The topological polar surface area (TPSA) is 38.7 Å². The highest BCUT2D eigenvalue weighted by molar-refractivity contribution is 5.65. The van der Waals surface area contributed by atoms with Crippen LogP contribution < -0.4 is 0 Å². The molecule has 0 saturated heterocycles. The third-order valence-corrected chi connectivity index (χ3v) is 2.61. The van der Waals surface area contributed by atoms with E-state index in [-0.39, 0.29) is 0 Å². The summed E-state index contributed by atoms with van der Waals surface area (Å²) in [6.45, 7) is 0. The van der Waals surface area contributed by atoms with Crippen molar-refractivity contribution in [1.29, 1.82) is 0 Å². The minimum Gasteiger partial charge on any atom is -0.255 e. The van der Waals surface area contributed by atoms with Gasteiger partial charge in [-0.1, -0.05) is 36.4 Å². The van der Waals surface area contributed by atoms with Crippen LogP contribution >= 0.6 is 0 Å². The Balaban J connectivity index is 2.05. The second-order valence-corrected chi connectivity index (χ2v) is 3.82. The van der Waals surface area contributed by atoms with Crippen molar-refractivity contribution in [3.8, 4) is 22.6 Å². The van der Waals surface area contributed by atoms with E-state index in [1.54, 1.807) is 6.20 Å². The van der Waals surface area contributed by atoms with E-state index >= 15 is 0 Å². The summed E-state index contributed by atoms with van der Waals surface area (Å²) in [5.74, 6) is 0. The van der Waals surface area contributed by atoms with Crippen molar-refractivity contribution in [2.45, 2.75) is 0 Å². The number of benzene rings is 1. The van der Waals surface area contributed by atoms with Gasteiger partial charge in [0.05, 0.1) is 17.1 Å². The van der Waals surface area contributed by atoms with Crippen LogP contribution in [-0.2, 0) is 0 Å². The summed E-state index contributed by atoms with van der Waals surface area (Å²) >= 11 is 0. The fraction of sp³-hybridized carbons (Fsp3) is 0. The predicted molar refractivity (Wildman–Crippen MR) is 69.5 cm³/mol. The van der Waals surface area contributed by atoms with Gasteiger partial charge < -0.3 is 0 Å². The van der Waals surface area contributed by atoms with Gasteiger partial charge in [-0.05, 0) is 18.2 Å². The number of pyridine rings is 1. The van der Waals surface area contributed by atoms with Crippen LogP contribution in [0.1, 0.15) is 0 Å². The molecular formula is C15H10N3. The predicted octanol–water partition coefficient (Wildman–Crippen LogP) is 3.01. The third-order valence-electron chi connectivity index (χ3n) is 2.61. The van der Waals surface area contributed by atoms with Crippen LogP contribution in [0.2, 0.25) is 0 Å². The van der Waals surface area contributed by atoms with Crippen molar-refractivity contribution in [3.63, 3.8) is 0 Å². The molecule has 0 aliphatic carbocycles. The Labute approximate surface area is 105 Å². The van der Waals surface area contributed by atoms with Gasteiger partial charge >= 0.3 is 0 Å². The van der Waals surface area contributed by atoms with Crippen LogP contribution in [0.3, 0.4) is 0 Å². The molecule has 18 heavy (non-hydrogen) atoms. The standard InChI is InChI=1S/C15H10N3/c1-2-6-12(7-3-1)14-10-15(18-11-17-14)13-8-4-5-9-16-13/h1-10H. The fourth-order valence-electron chi connectivity index (χ4n) is 1.73. The number of rotatable bonds is 2. The Bertz CT molecular complexity index is 581. The molecule has 1 aromatic carbocycles.